The van der Waals surface area contributed by atoms with Crippen LogP contribution in [-0.2, 0) is 11.3 Å². The van der Waals surface area contributed by atoms with Crippen LogP contribution in [0.2, 0.25) is 0 Å². The second-order valence-electron chi connectivity index (χ2n) is 5.10. The van der Waals surface area contributed by atoms with Crippen molar-refractivity contribution in [3.05, 3.63) is 34.6 Å². The number of carbonyl (C=O) groups is 1. The van der Waals surface area contributed by atoms with Gasteiger partial charge in [-0.3, -0.25) is 9.59 Å². The summed E-state index contributed by atoms with van der Waals surface area (Å²) in [6.07, 6.45) is 0.167. The Hall–Kier alpha value is -2.41. The fourth-order valence-electron chi connectivity index (χ4n) is 2.19. The molecule has 2 N–H and O–H groups in total. The lowest BCUT2D eigenvalue weighted by Crippen LogP contribution is -2.32. The first-order valence-corrected chi connectivity index (χ1v) is 7.09. The molecule has 0 aliphatic rings. The summed E-state index contributed by atoms with van der Waals surface area (Å²) in [5.41, 5.74) is 1.19. The number of nitrogens with one attached hydrogen (secondary N) is 1. The van der Waals surface area contributed by atoms with Crippen molar-refractivity contribution in [1.29, 1.82) is 0 Å². The number of nitrogens with zero attached hydrogens (tertiary/aromatic N) is 3. The molecule has 118 valence electrons. The number of aromatic nitrogens is 2. The average molecular weight is 304 g/mol. The fraction of sp³-hybridized carbons (Fsp3) is 0.400. The van der Waals surface area contributed by atoms with E-state index < -0.39 is 0 Å². The van der Waals surface area contributed by atoms with E-state index in [1.165, 1.54) is 0 Å². The van der Waals surface area contributed by atoms with Gasteiger partial charge in [0.05, 0.1) is 17.6 Å². The number of benzene rings is 1. The number of hydrogen-bond acceptors (Lipinski definition) is 5. The average Bonchev–Trinajstić information content (AvgIpc) is 2.51. The summed E-state index contributed by atoms with van der Waals surface area (Å²) in [5, 5.41) is 11.3. The number of aryl methyl sites for hydroxylation is 1. The van der Waals surface area contributed by atoms with Gasteiger partial charge < -0.3 is 19.9 Å². The SMILES string of the molecule is CN(C)c1nc2ccccc2n(CCC(=O)NCCO)c1=O. The van der Waals surface area contributed by atoms with Crippen molar-refractivity contribution < 1.29 is 9.90 Å². The van der Waals surface area contributed by atoms with Crippen LogP contribution in [0, 0.1) is 0 Å². The van der Waals surface area contributed by atoms with Crippen molar-refractivity contribution in [1.82, 2.24) is 14.9 Å². The molecule has 0 atom stereocenters. The molecule has 0 spiro atoms. The van der Waals surface area contributed by atoms with Crippen molar-refractivity contribution in [2.45, 2.75) is 13.0 Å². The number of amides is 1. The lowest BCUT2D eigenvalue weighted by atomic mass is 10.2. The second-order valence-corrected chi connectivity index (χ2v) is 5.10. The summed E-state index contributed by atoms with van der Waals surface area (Å²) in [4.78, 5) is 30.3. The highest BCUT2D eigenvalue weighted by molar-refractivity contribution is 5.78. The number of hydrogen-bond donors (Lipinski definition) is 2. The van der Waals surface area contributed by atoms with Crippen molar-refractivity contribution in [2.75, 3.05) is 32.1 Å². The highest BCUT2D eigenvalue weighted by Gasteiger charge is 2.13. The van der Waals surface area contributed by atoms with E-state index in [0.29, 0.717) is 16.9 Å². The summed E-state index contributed by atoms with van der Waals surface area (Å²) in [5.74, 6) is 0.141. The molecular weight excluding hydrogens is 284 g/mol. The van der Waals surface area contributed by atoms with Gasteiger partial charge >= 0.3 is 0 Å². The predicted molar refractivity (Wildman–Crippen MR) is 85.0 cm³/mol. The molecule has 0 saturated heterocycles. The van der Waals surface area contributed by atoms with Crippen molar-refractivity contribution in [2.24, 2.45) is 0 Å². The first-order valence-electron chi connectivity index (χ1n) is 7.09. The van der Waals surface area contributed by atoms with E-state index in [9.17, 15) is 9.59 Å². The quantitative estimate of drug-likeness (QED) is 0.782. The van der Waals surface area contributed by atoms with Gasteiger partial charge in [-0.05, 0) is 12.1 Å². The number of carbonyl (C=O) groups excluding carboxylic acids is 1. The van der Waals surface area contributed by atoms with Gasteiger partial charge in [-0.25, -0.2) is 4.98 Å². The highest BCUT2D eigenvalue weighted by Crippen LogP contribution is 2.13. The maximum atomic E-state index is 12.5. The molecule has 0 bridgehead atoms. The Balaban J connectivity index is 2.36. The van der Waals surface area contributed by atoms with Gasteiger partial charge in [-0.2, -0.15) is 0 Å². The van der Waals surface area contributed by atoms with E-state index in [1.54, 1.807) is 23.6 Å². The van der Waals surface area contributed by atoms with Crippen LogP contribution in [0.4, 0.5) is 5.82 Å². The van der Waals surface area contributed by atoms with E-state index in [2.05, 4.69) is 10.3 Å². The van der Waals surface area contributed by atoms with Crippen LogP contribution < -0.4 is 15.8 Å². The minimum Gasteiger partial charge on any atom is -0.395 e. The molecule has 0 radical (unpaired) electrons. The summed E-state index contributed by atoms with van der Waals surface area (Å²) in [6.45, 7) is 0.377. The van der Waals surface area contributed by atoms with Gasteiger partial charge in [-0.1, -0.05) is 12.1 Å². The number of anilines is 1. The fourth-order valence-corrected chi connectivity index (χ4v) is 2.19. The first kappa shape index (κ1) is 16.0. The summed E-state index contributed by atoms with van der Waals surface area (Å²) in [6, 6.07) is 7.34. The van der Waals surface area contributed by atoms with Gasteiger partial charge in [-0.15, -0.1) is 0 Å². The van der Waals surface area contributed by atoms with E-state index in [4.69, 9.17) is 5.11 Å². The summed E-state index contributed by atoms with van der Waals surface area (Å²) >= 11 is 0. The zero-order valence-electron chi connectivity index (χ0n) is 12.7. The van der Waals surface area contributed by atoms with E-state index in [-0.39, 0.29) is 37.6 Å². The van der Waals surface area contributed by atoms with Crippen LogP contribution in [0.15, 0.2) is 29.1 Å². The van der Waals surface area contributed by atoms with Crippen LogP contribution in [-0.4, -0.2) is 47.8 Å². The molecule has 1 aromatic carbocycles. The molecule has 1 amide bonds. The van der Waals surface area contributed by atoms with Crippen LogP contribution >= 0.6 is 0 Å². The molecule has 7 nitrogen and oxygen atoms in total. The molecule has 0 fully saturated rings. The maximum Gasteiger partial charge on any atom is 0.293 e. The van der Waals surface area contributed by atoms with E-state index >= 15 is 0 Å². The highest BCUT2D eigenvalue weighted by atomic mass is 16.3. The topological polar surface area (TPSA) is 87.5 Å². The monoisotopic (exact) mass is 304 g/mol. The third-order valence-corrected chi connectivity index (χ3v) is 3.26. The van der Waals surface area contributed by atoms with Crippen LogP contribution in [0.5, 0.6) is 0 Å². The van der Waals surface area contributed by atoms with E-state index in [0.717, 1.165) is 0 Å². The van der Waals surface area contributed by atoms with Gasteiger partial charge in [0, 0.05) is 33.6 Å². The van der Waals surface area contributed by atoms with Gasteiger partial charge in [0.15, 0.2) is 5.82 Å². The molecule has 22 heavy (non-hydrogen) atoms. The van der Waals surface area contributed by atoms with Crippen LogP contribution in [0.1, 0.15) is 6.42 Å². The van der Waals surface area contributed by atoms with Crippen LogP contribution in [0.3, 0.4) is 0 Å². The third-order valence-electron chi connectivity index (χ3n) is 3.26. The predicted octanol–water partition coefficient (Wildman–Crippen LogP) is -0.0389. The minimum absolute atomic E-state index is 0.103. The zero-order valence-corrected chi connectivity index (χ0v) is 12.7. The smallest absolute Gasteiger partial charge is 0.293 e. The Morgan fingerprint density at radius 3 is 2.77 bits per heavy atom. The van der Waals surface area contributed by atoms with Crippen LogP contribution in [0.25, 0.3) is 11.0 Å². The summed E-state index contributed by atoms with van der Waals surface area (Å²) in [7, 11) is 3.52. The number of aliphatic hydroxyl groups excluding tert-OH is 1. The number of rotatable bonds is 6. The molecule has 1 aromatic heterocycles. The minimum atomic E-state index is -0.223. The first-order chi connectivity index (χ1) is 10.5. The second kappa shape index (κ2) is 7.04. The Kier molecular flexibility index (Phi) is 5.11. The van der Waals surface area contributed by atoms with Crippen molar-refractivity contribution >= 4 is 22.8 Å². The summed E-state index contributed by atoms with van der Waals surface area (Å²) < 4.78 is 1.57. The number of fused-ring (bicyclic) bond motifs is 1. The molecule has 0 saturated carbocycles. The maximum absolute atomic E-state index is 12.5. The third kappa shape index (κ3) is 3.43. The Morgan fingerprint density at radius 2 is 2.09 bits per heavy atom. The van der Waals surface area contributed by atoms with Gasteiger partial charge in [0.2, 0.25) is 5.91 Å². The Morgan fingerprint density at radius 1 is 1.36 bits per heavy atom. The molecule has 0 aliphatic heterocycles. The molecule has 2 rings (SSSR count). The van der Waals surface area contributed by atoms with Crippen molar-refractivity contribution in [3.63, 3.8) is 0 Å². The standard InChI is InChI=1S/C15H20N4O3/c1-18(2)14-15(22)19(9-7-13(21)16-8-10-20)12-6-4-3-5-11(12)17-14/h3-6,20H,7-10H2,1-2H3,(H,16,21). The lowest BCUT2D eigenvalue weighted by molar-refractivity contribution is -0.121. The molecule has 0 unspecified atom stereocenters. The molecule has 7 heteroatoms. The van der Waals surface area contributed by atoms with Crippen molar-refractivity contribution in [3.8, 4) is 0 Å². The zero-order chi connectivity index (χ0) is 16.1. The molecule has 2 aromatic rings. The number of para-hydroxylation sites is 2. The normalized spacial score (nSPS) is 10.7. The van der Waals surface area contributed by atoms with E-state index in [1.807, 2.05) is 24.3 Å². The molecular formula is C15H20N4O3. The Labute approximate surface area is 128 Å². The molecule has 1 heterocycles. The Bertz CT molecular complexity index is 724. The lowest BCUT2D eigenvalue weighted by Gasteiger charge is -2.16. The number of aliphatic hydroxyl groups is 1. The van der Waals surface area contributed by atoms with Gasteiger partial charge in [0.25, 0.3) is 5.56 Å². The van der Waals surface area contributed by atoms with Gasteiger partial charge in [0.1, 0.15) is 0 Å². The molecule has 0 aliphatic carbocycles. The largest absolute Gasteiger partial charge is 0.395 e.